The first-order valence-corrected chi connectivity index (χ1v) is 7.96. The number of anilines is 2. The summed E-state index contributed by atoms with van der Waals surface area (Å²) >= 11 is 6.56. The molecule has 26 heavy (non-hydrogen) atoms. The second-order valence-electron chi connectivity index (χ2n) is 4.87. The first kappa shape index (κ1) is 18.1. The van der Waals surface area contributed by atoms with Crippen LogP contribution < -0.4 is 14.9 Å². The number of benzene rings is 1. The molecule has 0 spiro atoms. The van der Waals surface area contributed by atoms with Crippen molar-refractivity contribution in [1.29, 1.82) is 0 Å². The summed E-state index contributed by atoms with van der Waals surface area (Å²) in [5.41, 5.74) is -0.572. The lowest BCUT2D eigenvalue weighted by atomic mass is 10.2. The van der Waals surface area contributed by atoms with Crippen molar-refractivity contribution in [2.75, 3.05) is 5.32 Å². The summed E-state index contributed by atoms with van der Waals surface area (Å²) in [6.07, 6.45) is 0. The van der Waals surface area contributed by atoms with Crippen LogP contribution in [0.15, 0.2) is 16.9 Å². The molecule has 0 aliphatic rings. The average molecular weight is 407 g/mol. The molecule has 0 atom stereocenters. The molecule has 3 rings (SSSR count). The van der Waals surface area contributed by atoms with E-state index in [2.05, 4.69) is 20.5 Å². The number of H-pyrrole nitrogens is 1. The number of halogens is 5. The Bertz CT molecular complexity index is 1060. The second kappa shape index (κ2) is 6.92. The molecule has 6 nitrogen and oxygen atoms in total. The number of ether oxygens (including phenoxy) is 1. The Morgan fingerprint density at radius 3 is 2.62 bits per heavy atom. The van der Waals surface area contributed by atoms with Crippen molar-refractivity contribution in [2.24, 2.45) is 0 Å². The molecule has 12 heteroatoms. The van der Waals surface area contributed by atoms with Gasteiger partial charge < -0.3 is 10.1 Å². The van der Waals surface area contributed by atoms with Crippen molar-refractivity contribution in [2.45, 2.75) is 6.92 Å². The Morgan fingerprint density at radius 1 is 1.23 bits per heavy atom. The predicted molar refractivity (Wildman–Crippen MR) is 86.3 cm³/mol. The highest BCUT2D eigenvalue weighted by Crippen LogP contribution is 2.36. The zero-order chi connectivity index (χ0) is 19.0. The van der Waals surface area contributed by atoms with Crippen molar-refractivity contribution >= 4 is 33.8 Å². The maximum absolute atomic E-state index is 14.0. The van der Waals surface area contributed by atoms with Crippen LogP contribution in [0.4, 0.5) is 28.4 Å². The fourth-order valence-electron chi connectivity index (χ4n) is 1.88. The molecule has 2 N–H and O–H groups in total. The third kappa shape index (κ3) is 3.48. The van der Waals surface area contributed by atoms with Crippen LogP contribution in [0.5, 0.6) is 11.6 Å². The minimum Gasteiger partial charge on any atom is -0.437 e. The molecular weight excluding hydrogens is 400 g/mol. The van der Waals surface area contributed by atoms with E-state index in [9.17, 15) is 22.4 Å². The van der Waals surface area contributed by atoms with Crippen LogP contribution in [0.1, 0.15) is 5.56 Å². The third-order valence-corrected chi connectivity index (χ3v) is 4.09. The first-order valence-electron chi connectivity index (χ1n) is 6.76. The molecule has 1 aromatic carbocycles. The number of aromatic nitrogens is 3. The van der Waals surface area contributed by atoms with Gasteiger partial charge in [0.1, 0.15) is 11.6 Å². The van der Waals surface area contributed by atoms with Crippen LogP contribution in [-0.4, -0.2) is 15.2 Å². The van der Waals surface area contributed by atoms with Gasteiger partial charge in [-0.1, -0.05) is 11.6 Å². The van der Waals surface area contributed by atoms with Crippen molar-refractivity contribution in [3.05, 3.63) is 55.8 Å². The molecule has 0 amide bonds. The summed E-state index contributed by atoms with van der Waals surface area (Å²) in [5.74, 6) is -6.49. The van der Waals surface area contributed by atoms with Gasteiger partial charge in [-0.25, -0.2) is 13.9 Å². The zero-order valence-electron chi connectivity index (χ0n) is 12.7. The van der Waals surface area contributed by atoms with E-state index in [0.29, 0.717) is 11.3 Å². The van der Waals surface area contributed by atoms with Gasteiger partial charge in [0, 0.05) is 6.07 Å². The molecule has 0 bridgehead atoms. The Morgan fingerprint density at radius 2 is 1.96 bits per heavy atom. The van der Waals surface area contributed by atoms with Crippen molar-refractivity contribution in [3.8, 4) is 11.6 Å². The minimum absolute atomic E-state index is 0.0651. The number of aromatic amines is 1. The van der Waals surface area contributed by atoms with E-state index in [1.807, 2.05) is 0 Å². The molecule has 3 aromatic rings. The Hall–Kier alpha value is -2.66. The summed E-state index contributed by atoms with van der Waals surface area (Å²) in [7, 11) is 0. The van der Waals surface area contributed by atoms with Gasteiger partial charge in [0.05, 0.1) is 16.3 Å². The summed E-state index contributed by atoms with van der Waals surface area (Å²) < 4.78 is 59.3. The van der Waals surface area contributed by atoms with E-state index >= 15 is 0 Å². The van der Waals surface area contributed by atoms with Crippen molar-refractivity contribution < 1.29 is 22.3 Å². The maximum Gasteiger partial charge on any atom is 0.324 e. The fraction of sp³-hybridized carbons (Fsp3) is 0.0714. The average Bonchev–Trinajstić information content (AvgIpc) is 2.99. The Balaban J connectivity index is 1.98. The monoisotopic (exact) mass is 406 g/mol. The van der Waals surface area contributed by atoms with Crippen LogP contribution in [0.3, 0.4) is 0 Å². The smallest absolute Gasteiger partial charge is 0.324 e. The number of nitrogens with zero attached hydrogens (tertiary/aromatic N) is 2. The van der Waals surface area contributed by atoms with Crippen molar-refractivity contribution in [1.82, 2.24) is 15.2 Å². The Kier molecular flexibility index (Phi) is 4.83. The Labute approximate surface area is 151 Å². The van der Waals surface area contributed by atoms with E-state index in [-0.39, 0.29) is 21.6 Å². The standard InChI is InChI=1S/C14H7ClF4N4O2S/c1-4-9(17)10(18)11(19)21-12(4)25-8-3-7(6(16)2-5(8)15)20-13-22-23-14(24)26-13/h2-3H,1H3,(H,20,22)(H,23,24). The first-order chi connectivity index (χ1) is 12.3. The van der Waals surface area contributed by atoms with E-state index in [4.69, 9.17) is 16.3 Å². The fourth-order valence-corrected chi connectivity index (χ4v) is 2.58. The molecule has 2 aromatic heterocycles. The van der Waals surface area contributed by atoms with Gasteiger partial charge in [-0.05, 0) is 24.3 Å². The largest absolute Gasteiger partial charge is 0.437 e. The molecular formula is C14H7ClF4N4O2S. The molecule has 0 fully saturated rings. The lowest BCUT2D eigenvalue weighted by Crippen LogP contribution is -2.03. The number of hydrogen-bond donors (Lipinski definition) is 2. The van der Waals surface area contributed by atoms with Crippen LogP contribution in [0, 0.1) is 30.3 Å². The van der Waals surface area contributed by atoms with Gasteiger partial charge in [-0.3, -0.25) is 4.79 Å². The van der Waals surface area contributed by atoms with Crippen molar-refractivity contribution in [3.63, 3.8) is 0 Å². The summed E-state index contributed by atoms with van der Waals surface area (Å²) in [6, 6.07) is 1.95. The lowest BCUT2D eigenvalue weighted by molar-refractivity contribution is 0.385. The second-order valence-corrected chi connectivity index (χ2v) is 6.24. The quantitative estimate of drug-likeness (QED) is 0.499. The van der Waals surface area contributed by atoms with Crippen LogP contribution in [0.2, 0.25) is 5.02 Å². The third-order valence-electron chi connectivity index (χ3n) is 3.13. The summed E-state index contributed by atoms with van der Waals surface area (Å²) in [6.45, 7) is 1.12. The van der Waals surface area contributed by atoms with Gasteiger partial charge in [0.2, 0.25) is 16.8 Å². The van der Waals surface area contributed by atoms with E-state index < -0.39 is 39.7 Å². The summed E-state index contributed by atoms with van der Waals surface area (Å²) in [4.78, 5) is 13.8. The highest BCUT2D eigenvalue weighted by molar-refractivity contribution is 7.13. The van der Waals surface area contributed by atoms with E-state index in [0.717, 1.165) is 19.1 Å². The van der Waals surface area contributed by atoms with E-state index in [1.54, 1.807) is 0 Å². The molecule has 2 heterocycles. The number of nitrogens with one attached hydrogen (secondary N) is 2. The van der Waals surface area contributed by atoms with Gasteiger partial charge in [-0.2, -0.15) is 13.8 Å². The van der Waals surface area contributed by atoms with Gasteiger partial charge in [-0.15, -0.1) is 5.10 Å². The SMILES string of the molecule is Cc1c(Oc2cc(Nc3n[nH]c(=O)s3)c(F)cc2Cl)nc(F)c(F)c1F. The highest BCUT2D eigenvalue weighted by Gasteiger charge is 2.20. The number of hydrogen-bond acceptors (Lipinski definition) is 6. The van der Waals surface area contributed by atoms with Gasteiger partial charge >= 0.3 is 4.87 Å². The number of pyridine rings is 1. The molecule has 0 saturated heterocycles. The molecule has 0 unspecified atom stereocenters. The van der Waals surface area contributed by atoms with Gasteiger partial charge in [0.25, 0.3) is 5.95 Å². The molecule has 0 saturated carbocycles. The van der Waals surface area contributed by atoms with Gasteiger partial charge in [0.15, 0.2) is 5.82 Å². The molecule has 0 aliphatic carbocycles. The molecule has 0 radical (unpaired) electrons. The highest BCUT2D eigenvalue weighted by atomic mass is 35.5. The lowest BCUT2D eigenvalue weighted by Gasteiger charge is -2.12. The molecule has 136 valence electrons. The zero-order valence-corrected chi connectivity index (χ0v) is 14.2. The maximum atomic E-state index is 14.0. The van der Waals surface area contributed by atoms with E-state index in [1.165, 1.54) is 0 Å². The topological polar surface area (TPSA) is 79.9 Å². The minimum atomic E-state index is -1.74. The molecule has 0 aliphatic heterocycles. The summed E-state index contributed by atoms with van der Waals surface area (Å²) in [5, 5.41) is 8.12. The number of rotatable bonds is 4. The van der Waals surface area contributed by atoms with Crippen LogP contribution >= 0.6 is 22.9 Å². The predicted octanol–water partition coefficient (Wildman–Crippen LogP) is 4.28. The van der Waals surface area contributed by atoms with Crippen LogP contribution in [-0.2, 0) is 0 Å². The van der Waals surface area contributed by atoms with Crippen LogP contribution in [0.25, 0.3) is 0 Å². The normalized spacial score (nSPS) is 10.8.